The van der Waals surface area contributed by atoms with Crippen LogP contribution in [0.5, 0.6) is 0 Å². The number of amides is 1. The zero-order valence-corrected chi connectivity index (χ0v) is 13.5. The molecule has 0 bridgehead atoms. The van der Waals surface area contributed by atoms with E-state index >= 15 is 0 Å². The fraction of sp³-hybridized carbons (Fsp3) is 0.429. The summed E-state index contributed by atoms with van der Waals surface area (Å²) in [5.74, 6) is -1.68. The Hall–Kier alpha value is -1.24. The van der Waals surface area contributed by atoms with Gasteiger partial charge in [-0.2, -0.15) is 12.6 Å². The van der Waals surface area contributed by atoms with Crippen LogP contribution in [-0.2, 0) is 16.0 Å². The van der Waals surface area contributed by atoms with Crippen molar-refractivity contribution in [3.05, 3.63) is 34.9 Å². The van der Waals surface area contributed by atoms with Gasteiger partial charge in [-0.05, 0) is 38.0 Å². The molecule has 1 aromatic carbocycles. The third-order valence-electron chi connectivity index (χ3n) is 2.95. The van der Waals surface area contributed by atoms with Crippen LogP contribution in [0.4, 0.5) is 0 Å². The van der Waals surface area contributed by atoms with Gasteiger partial charge in [-0.25, -0.2) is 4.79 Å². The molecule has 1 amide bonds. The van der Waals surface area contributed by atoms with E-state index in [2.05, 4.69) is 17.9 Å². The maximum Gasteiger partial charge on any atom is 0.327 e. The molecule has 1 rings (SSSR count). The first-order chi connectivity index (χ1) is 9.61. The Morgan fingerprint density at radius 3 is 2.33 bits per heavy atom. The molecule has 0 unspecified atom stereocenters. The number of nitrogens with two attached hydrogens (primary N) is 1. The highest BCUT2D eigenvalue weighted by atomic mass is 35.5. The molecule has 0 aliphatic carbocycles. The number of halogens is 1. The molecule has 0 aliphatic heterocycles. The van der Waals surface area contributed by atoms with Crippen molar-refractivity contribution < 1.29 is 14.7 Å². The highest BCUT2D eigenvalue weighted by Crippen LogP contribution is 2.18. The van der Waals surface area contributed by atoms with Gasteiger partial charge in [0.25, 0.3) is 0 Å². The van der Waals surface area contributed by atoms with Crippen LogP contribution in [0.1, 0.15) is 19.4 Å². The van der Waals surface area contributed by atoms with Crippen molar-refractivity contribution in [1.29, 1.82) is 0 Å². The summed E-state index contributed by atoms with van der Waals surface area (Å²) in [5, 5.41) is 12.2. The van der Waals surface area contributed by atoms with Gasteiger partial charge in [0.1, 0.15) is 6.04 Å². The second kappa shape index (κ2) is 7.15. The molecule has 0 heterocycles. The first-order valence-electron chi connectivity index (χ1n) is 6.37. The van der Waals surface area contributed by atoms with E-state index in [4.69, 9.17) is 22.4 Å². The van der Waals surface area contributed by atoms with Gasteiger partial charge in [0.15, 0.2) is 0 Å². The SMILES string of the molecule is CC(C)(S)[C@H](NC(=O)[C@@H](N)Cc1ccc(Cl)cc1)C(=O)O. The van der Waals surface area contributed by atoms with Crippen molar-refractivity contribution in [2.24, 2.45) is 5.73 Å². The van der Waals surface area contributed by atoms with Gasteiger partial charge in [0, 0.05) is 9.77 Å². The lowest BCUT2D eigenvalue weighted by atomic mass is 10.0. The molecule has 0 aromatic heterocycles. The van der Waals surface area contributed by atoms with Crippen molar-refractivity contribution in [3.8, 4) is 0 Å². The van der Waals surface area contributed by atoms with Crippen LogP contribution >= 0.6 is 24.2 Å². The monoisotopic (exact) mass is 330 g/mol. The van der Waals surface area contributed by atoms with Crippen LogP contribution in [0.3, 0.4) is 0 Å². The minimum atomic E-state index is -1.15. The van der Waals surface area contributed by atoms with Gasteiger partial charge in [0.2, 0.25) is 5.91 Å². The topological polar surface area (TPSA) is 92.4 Å². The zero-order valence-electron chi connectivity index (χ0n) is 11.8. The molecule has 7 heteroatoms. The van der Waals surface area contributed by atoms with E-state index in [0.717, 1.165) is 5.56 Å². The number of hydrogen-bond acceptors (Lipinski definition) is 4. The molecule has 2 atom stereocenters. The summed E-state index contributed by atoms with van der Waals surface area (Å²) in [6.45, 7) is 3.22. The van der Waals surface area contributed by atoms with E-state index < -0.39 is 28.7 Å². The molecule has 0 fully saturated rings. The lowest BCUT2D eigenvalue weighted by Crippen LogP contribution is -2.55. The smallest absolute Gasteiger partial charge is 0.327 e. The molecule has 0 radical (unpaired) electrons. The largest absolute Gasteiger partial charge is 0.480 e. The number of benzene rings is 1. The van der Waals surface area contributed by atoms with Crippen molar-refractivity contribution in [2.75, 3.05) is 0 Å². The van der Waals surface area contributed by atoms with Crippen molar-refractivity contribution >= 4 is 36.1 Å². The van der Waals surface area contributed by atoms with Crippen LogP contribution in [-0.4, -0.2) is 33.8 Å². The van der Waals surface area contributed by atoms with Crippen LogP contribution in [0.25, 0.3) is 0 Å². The quantitative estimate of drug-likeness (QED) is 0.595. The Morgan fingerprint density at radius 2 is 1.90 bits per heavy atom. The van der Waals surface area contributed by atoms with Gasteiger partial charge in [-0.15, -0.1) is 0 Å². The number of carboxylic acids is 1. The number of aliphatic carboxylic acids is 1. The summed E-state index contributed by atoms with van der Waals surface area (Å²) in [4.78, 5) is 23.2. The second-order valence-corrected chi connectivity index (χ2v) is 6.96. The number of carboxylic acid groups (broad SMARTS) is 1. The molecule has 1 aromatic rings. The van der Waals surface area contributed by atoms with Crippen LogP contribution in [0.2, 0.25) is 5.02 Å². The van der Waals surface area contributed by atoms with E-state index in [1.165, 1.54) is 0 Å². The van der Waals surface area contributed by atoms with Gasteiger partial charge in [-0.3, -0.25) is 4.79 Å². The molecule has 0 aliphatic rings. The number of nitrogens with one attached hydrogen (secondary N) is 1. The summed E-state index contributed by atoms with van der Waals surface area (Å²) < 4.78 is -0.901. The zero-order chi connectivity index (χ0) is 16.2. The Bertz CT molecular complexity index is 514. The van der Waals surface area contributed by atoms with Crippen molar-refractivity contribution in [1.82, 2.24) is 5.32 Å². The lowest BCUT2D eigenvalue weighted by molar-refractivity contribution is -0.142. The van der Waals surface area contributed by atoms with E-state index in [1.807, 2.05) is 0 Å². The molecule has 4 N–H and O–H groups in total. The summed E-state index contributed by atoms with van der Waals surface area (Å²) in [7, 11) is 0. The van der Waals surface area contributed by atoms with Crippen LogP contribution in [0.15, 0.2) is 24.3 Å². The molecule has 0 saturated carbocycles. The summed E-state index contributed by atoms with van der Waals surface area (Å²) in [6.07, 6.45) is 0.294. The molecule has 0 saturated heterocycles. The molecule has 116 valence electrons. The summed E-state index contributed by atoms with van der Waals surface area (Å²) >= 11 is 9.97. The molecule has 21 heavy (non-hydrogen) atoms. The molecular weight excluding hydrogens is 312 g/mol. The average molecular weight is 331 g/mol. The number of thiol groups is 1. The minimum Gasteiger partial charge on any atom is -0.480 e. The van der Waals surface area contributed by atoms with Crippen LogP contribution in [0, 0.1) is 0 Å². The highest BCUT2D eigenvalue weighted by Gasteiger charge is 2.34. The third-order valence-corrected chi connectivity index (χ3v) is 3.46. The average Bonchev–Trinajstić information content (AvgIpc) is 2.36. The third kappa shape index (κ3) is 5.57. The number of carbonyl (C=O) groups is 2. The van der Waals surface area contributed by atoms with Crippen molar-refractivity contribution in [2.45, 2.75) is 37.1 Å². The van der Waals surface area contributed by atoms with E-state index in [0.29, 0.717) is 11.4 Å². The maximum atomic E-state index is 12.0. The Labute approximate surface area is 134 Å². The number of carbonyl (C=O) groups excluding carboxylic acids is 1. The molecule has 5 nitrogen and oxygen atoms in total. The van der Waals surface area contributed by atoms with E-state index in [1.54, 1.807) is 38.1 Å². The summed E-state index contributed by atoms with van der Waals surface area (Å²) in [5.41, 5.74) is 6.66. The molecular formula is C14H19ClN2O3S. The maximum absolute atomic E-state index is 12.0. The Balaban J connectivity index is 2.69. The van der Waals surface area contributed by atoms with E-state index in [-0.39, 0.29) is 0 Å². The molecule has 0 spiro atoms. The van der Waals surface area contributed by atoms with E-state index in [9.17, 15) is 9.59 Å². The van der Waals surface area contributed by atoms with Gasteiger partial charge in [0.05, 0.1) is 6.04 Å². The van der Waals surface area contributed by atoms with Gasteiger partial charge >= 0.3 is 5.97 Å². The lowest BCUT2D eigenvalue weighted by Gasteiger charge is -2.28. The standard InChI is InChI=1S/C14H19ClN2O3S/c1-14(2,21)11(13(19)20)17-12(18)10(16)7-8-3-5-9(15)6-4-8/h3-6,10-11,21H,7,16H2,1-2H3,(H,17,18)(H,19,20)/t10-,11+/m0/s1. The normalized spacial score (nSPS) is 14.3. The van der Waals surface area contributed by atoms with Gasteiger partial charge < -0.3 is 16.2 Å². The Morgan fingerprint density at radius 1 is 1.38 bits per heavy atom. The predicted octanol–water partition coefficient (Wildman–Crippen LogP) is 1.49. The highest BCUT2D eigenvalue weighted by molar-refractivity contribution is 7.81. The fourth-order valence-electron chi connectivity index (χ4n) is 1.76. The number of rotatable bonds is 6. The first-order valence-corrected chi connectivity index (χ1v) is 7.19. The number of hydrogen-bond donors (Lipinski definition) is 4. The van der Waals surface area contributed by atoms with Crippen molar-refractivity contribution in [3.63, 3.8) is 0 Å². The Kier molecular flexibility index (Phi) is 6.07. The predicted molar refractivity (Wildman–Crippen MR) is 85.8 cm³/mol. The summed E-state index contributed by atoms with van der Waals surface area (Å²) in [6, 6.07) is 4.99. The fourth-order valence-corrected chi connectivity index (χ4v) is 2.06. The van der Waals surface area contributed by atoms with Gasteiger partial charge in [-0.1, -0.05) is 23.7 Å². The van der Waals surface area contributed by atoms with Crippen LogP contribution < -0.4 is 11.1 Å². The second-order valence-electron chi connectivity index (χ2n) is 5.37. The minimum absolute atomic E-state index is 0.294. The first kappa shape index (κ1) is 17.8.